The standard InChI is InChI=1S/C7H19NO4Si/c1-10-13(11-2,12-3)6-4-5-8-7-9/h8-9H,4-7H2,1-3H3. The highest BCUT2D eigenvalue weighted by Crippen LogP contribution is 2.13. The Kier molecular flexibility index (Phi) is 7.43. The fourth-order valence-electron chi connectivity index (χ4n) is 1.07. The zero-order valence-electron chi connectivity index (χ0n) is 8.50. The largest absolute Gasteiger partial charge is 0.500 e. The molecule has 0 radical (unpaired) electrons. The summed E-state index contributed by atoms with van der Waals surface area (Å²) in [6.45, 7) is 0.739. The van der Waals surface area contributed by atoms with E-state index in [0.717, 1.165) is 19.0 Å². The maximum absolute atomic E-state index is 8.47. The minimum Gasteiger partial charge on any atom is -0.381 e. The summed E-state index contributed by atoms with van der Waals surface area (Å²) in [4.78, 5) is 0. The van der Waals surface area contributed by atoms with Gasteiger partial charge in [0, 0.05) is 27.4 Å². The van der Waals surface area contributed by atoms with Crippen molar-refractivity contribution in [3.8, 4) is 0 Å². The van der Waals surface area contributed by atoms with Crippen LogP contribution in [-0.4, -0.2) is 48.5 Å². The summed E-state index contributed by atoms with van der Waals surface area (Å²) in [6, 6.07) is 0.753. The van der Waals surface area contributed by atoms with Crippen molar-refractivity contribution in [3.05, 3.63) is 0 Å². The molecule has 0 bridgehead atoms. The first-order chi connectivity index (χ1) is 6.24. The molecule has 0 aromatic carbocycles. The quantitative estimate of drug-likeness (QED) is 0.329. The number of hydrogen-bond acceptors (Lipinski definition) is 5. The molecule has 13 heavy (non-hydrogen) atoms. The van der Waals surface area contributed by atoms with Gasteiger partial charge in [0.1, 0.15) is 0 Å². The summed E-state index contributed by atoms with van der Waals surface area (Å²) in [5.41, 5.74) is 0. The topological polar surface area (TPSA) is 60.0 Å². The second-order valence-electron chi connectivity index (χ2n) is 2.56. The van der Waals surface area contributed by atoms with Crippen molar-refractivity contribution in [2.45, 2.75) is 12.5 Å². The third-order valence-corrected chi connectivity index (χ3v) is 4.71. The molecule has 0 heterocycles. The van der Waals surface area contributed by atoms with E-state index < -0.39 is 8.80 Å². The molecule has 0 aliphatic heterocycles. The Morgan fingerprint density at radius 3 is 2.08 bits per heavy atom. The molecule has 0 aromatic heterocycles. The summed E-state index contributed by atoms with van der Waals surface area (Å²) >= 11 is 0. The van der Waals surface area contributed by atoms with Crippen molar-refractivity contribution in [3.63, 3.8) is 0 Å². The molecule has 80 valence electrons. The van der Waals surface area contributed by atoms with Crippen molar-refractivity contribution in [1.29, 1.82) is 0 Å². The monoisotopic (exact) mass is 209 g/mol. The predicted molar refractivity (Wildman–Crippen MR) is 51.3 cm³/mol. The Morgan fingerprint density at radius 1 is 1.15 bits per heavy atom. The van der Waals surface area contributed by atoms with Crippen molar-refractivity contribution in [2.24, 2.45) is 0 Å². The van der Waals surface area contributed by atoms with Crippen molar-refractivity contribution >= 4 is 8.80 Å². The van der Waals surface area contributed by atoms with Crippen LogP contribution in [0.25, 0.3) is 0 Å². The summed E-state index contributed by atoms with van der Waals surface area (Å²) in [7, 11) is 2.40. The Balaban J connectivity index is 3.68. The van der Waals surface area contributed by atoms with Crippen LogP contribution in [0.4, 0.5) is 0 Å². The lowest BCUT2D eigenvalue weighted by Crippen LogP contribution is -2.43. The number of rotatable bonds is 8. The van der Waals surface area contributed by atoms with Crippen LogP contribution >= 0.6 is 0 Å². The predicted octanol–water partition coefficient (Wildman–Crippen LogP) is -0.206. The Morgan fingerprint density at radius 2 is 1.69 bits per heavy atom. The van der Waals surface area contributed by atoms with Gasteiger partial charge >= 0.3 is 8.80 Å². The Labute approximate surface area is 80.4 Å². The fraction of sp³-hybridized carbons (Fsp3) is 1.00. The zero-order chi connectivity index (χ0) is 10.2. The van der Waals surface area contributed by atoms with Gasteiger partial charge in [0.05, 0.1) is 6.73 Å². The smallest absolute Gasteiger partial charge is 0.381 e. The van der Waals surface area contributed by atoms with E-state index in [2.05, 4.69) is 5.32 Å². The minimum atomic E-state index is -2.39. The van der Waals surface area contributed by atoms with Crippen LogP contribution in [0.2, 0.25) is 6.04 Å². The molecule has 0 aliphatic rings. The van der Waals surface area contributed by atoms with Gasteiger partial charge in [-0.05, 0) is 13.0 Å². The van der Waals surface area contributed by atoms with Gasteiger partial charge in [-0.15, -0.1) is 0 Å². The second-order valence-corrected chi connectivity index (χ2v) is 5.65. The lowest BCUT2D eigenvalue weighted by Gasteiger charge is -2.24. The first-order valence-electron chi connectivity index (χ1n) is 4.21. The third kappa shape index (κ3) is 4.70. The Bertz CT molecular complexity index is 113. The number of aliphatic hydroxyl groups is 1. The number of nitrogens with one attached hydrogen (secondary N) is 1. The van der Waals surface area contributed by atoms with Crippen LogP contribution in [0, 0.1) is 0 Å². The molecule has 0 aromatic rings. The molecular formula is C7H19NO4Si. The van der Waals surface area contributed by atoms with Crippen molar-refractivity contribution in [2.75, 3.05) is 34.6 Å². The molecular weight excluding hydrogens is 190 g/mol. The highest BCUT2D eigenvalue weighted by atomic mass is 28.4. The molecule has 0 rings (SSSR count). The van der Waals surface area contributed by atoms with Crippen LogP contribution in [-0.2, 0) is 13.3 Å². The molecule has 0 fully saturated rings. The second kappa shape index (κ2) is 7.42. The molecule has 5 nitrogen and oxygen atoms in total. The maximum Gasteiger partial charge on any atom is 0.500 e. The lowest BCUT2D eigenvalue weighted by molar-refractivity contribution is 0.122. The minimum absolute atomic E-state index is 0.00149. The van der Waals surface area contributed by atoms with E-state index in [1.807, 2.05) is 0 Å². The van der Waals surface area contributed by atoms with Gasteiger partial charge in [0.25, 0.3) is 0 Å². The van der Waals surface area contributed by atoms with Crippen molar-refractivity contribution < 1.29 is 18.4 Å². The first-order valence-corrected chi connectivity index (χ1v) is 6.15. The van der Waals surface area contributed by atoms with Crippen LogP contribution in [0.3, 0.4) is 0 Å². The van der Waals surface area contributed by atoms with Gasteiger partial charge in [0.2, 0.25) is 0 Å². The van der Waals surface area contributed by atoms with Crippen molar-refractivity contribution in [1.82, 2.24) is 5.32 Å². The summed E-state index contributed by atoms with van der Waals surface area (Å²) in [5, 5.41) is 11.3. The van der Waals surface area contributed by atoms with Gasteiger partial charge in [-0.3, -0.25) is 5.32 Å². The zero-order valence-corrected chi connectivity index (χ0v) is 9.50. The number of hydrogen-bond donors (Lipinski definition) is 2. The molecule has 6 heteroatoms. The summed E-state index contributed by atoms with van der Waals surface area (Å²) in [5.74, 6) is 0. The SMILES string of the molecule is CO[Si](CCCNCO)(OC)OC. The normalized spacial score (nSPS) is 12.0. The summed E-state index contributed by atoms with van der Waals surface area (Å²) < 4.78 is 15.7. The highest BCUT2D eigenvalue weighted by Gasteiger charge is 2.36. The third-order valence-electron chi connectivity index (χ3n) is 1.88. The Hall–Kier alpha value is 0.0169. The van der Waals surface area contributed by atoms with Crippen LogP contribution < -0.4 is 5.32 Å². The average molecular weight is 209 g/mol. The van der Waals surface area contributed by atoms with Crippen LogP contribution in [0.15, 0.2) is 0 Å². The van der Waals surface area contributed by atoms with E-state index in [1.54, 1.807) is 21.3 Å². The van der Waals surface area contributed by atoms with Gasteiger partial charge in [-0.25, -0.2) is 0 Å². The van der Waals surface area contributed by atoms with Gasteiger partial charge < -0.3 is 18.4 Å². The van der Waals surface area contributed by atoms with E-state index in [4.69, 9.17) is 18.4 Å². The first kappa shape index (κ1) is 13.0. The number of aliphatic hydroxyl groups excluding tert-OH is 1. The average Bonchev–Trinajstić information content (AvgIpc) is 2.20. The molecule has 2 N–H and O–H groups in total. The molecule has 0 saturated carbocycles. The van der Waals surface area contributed by atoms with E-state index in [-0.39, 0.29) is 6.73 Å². The molecule has 0 spiro atoms. The van der Waals surface area contributed by atoms with E-state index in [9.17, 15) is 0 Å². The lowest BCUT2D eigenvalue weighted by atomic mass is 10.5. The maximum atomic E-state index is 8.47. The molecule has 0 atom stereocenters. The van der Waals surface area contributed by atoms with E-state index >= 15 is 0 Å². The van der Waals surface area contributed by atoms with Gasteiger partial charge in [-0.1, -0.05) is 0 Å². The van der Waals surface area contributed by atoms with Gasteiger partial charge in [0.15, 0.2) is 0 Å². The van der Waals surface area contributed by atoms with E-state index in [1.165, 1.54) is 0 Å². The van der Waals surface area contributed by atoms with Crippen LogP contribution in [0.1, 0.15) is 6.42 Å². The van der Waals surface area contributed by atoms with E-state index in [0.29, 0.717) is 0 Å². The molecule has 0 saturated heterocycles. The highest BCUT2D eigenvalue weighted by molar-refractivity contribution is 6.60. The fourth-order valence-corrected chi connectivity index (χ4v) is 2.79. The summed E-state index contributed by atoms with van der Waals surface area (Å²) in [6.07, 6.45) is 0.863. The van der Waals surface area contributed by atoms with Crippen LogP contribution in [0.5, 0.6) is 0 Å². The molecule has 0 aliphatic carbocycles. The molecule has 0 amide bonds. The molecule has 0 unspecified atom stereocenters. The van der Waals surface area contributed by atoms with Gasteiger partial charge in [-0.2, -0.15) is 0 Å².